The predicted molar refractivity (Wildman–Crippen MR) is 82.4 cm³/mol. The molecule has 1 aromatic heterocycles. The highest BCUT2D eigenvalue weighted by atomic mass is 32.2. The Bertz CT molecular complexity index is 620. The second kappa shape index (κ2) is 6.99. The van der Waals surface area contributed by atoms with Crippen molar-refractivity contribution in [3.05, 3.63) is 52.2 Å². The molecule has 0 aliphatic carbocycles. The maximum absolute atomic E-state index is 12.0. The summed E-state index contributed by atoms with van der Waals surface area (Å²) in [6.45, 7) is 3.66. The topological polar surface area (TPSA) is 58.2 Å². The van der Waals surface area contributed by atoms with Gasteiger partial charge in [0.15, 0.2) is 0 Å². The van der Waals surface area contributed by atoms with Crippen molar-refractivity contribution in [2.45, 2.75) is 18.4 Å². The van der Waals surface area contributed by atoms with Crippen molar-refractivity contribution >= 4 is 21.4 Å². The molecule has 0 saturated heterocycles. The van der Waals surface area contributed by atoms with E-state index in [4.69, 9.17) is 0 Å². The van der Waals surface area contributed by atoms with Gasteiger partial charge >= 0.3 is 0 Å². The third-order valence-corrected chi connectivity index (χ3v) is 5.04. The molecule has 0 aliphatic heterocycles. The van der Waals surface area contributed by atoms with Crippen LogP contribution in [0.2, 0.25) is 0 Å². The normalized spacial score (nSPS) is 11.7. The maximum Gasteiger partial charge on any atom is 0.240 e. The molecule has 2 N–H and O–H groups in total. The maximum atomic E-state index is 12.0. The standard InChI is InChI=1S/C14H18N2O2S2/c1-12-2-4-14(5-3-12)20(17,18)16-8-7-15-10-13-6-9-19-11-13/h2-6,9,11,15-16H,7-8,10H2,1H3. The molecule has 2 aromatic rings. The lowest BCUT2D eigenvalue weighted by molar-refractivity contribution is 0.576. The largest absolute Gasteiger partial charge is 0.311 e. The molecule has 0 fully saturated rings. The van der Waals surface area contributed by atoms with Crippen LogP contribution in [0.15, 0.2) is 46.0 Å². The lowest BCUT2D eigenvalue weighted by Gasteiger charge is -2.07. The van der Waals surface area contributed by atoms with E-state index in [-0.39, 0.29) is 0 Å². The summed E-state index contributed by atoms with van der Waals surface area (Å²) in [5.74, 6) is 0. The van der Waals surface area contributed by atoms with Crippen LogP contribution >= 0.6 is 11.3 Å². The van der Waals surface area contributed by atoms with E-state index in [0.717, 1.165) is 12.1 Å². The van der Waals surface area contributed by atoms with Crippen molar-refractivity contribution in [2.24, 2.45) is 0 Å². The van der Waals surface area contributed by atoms with Crippen LogP contribution in [0.4, 0.5) is 0 Å². The number of aryl methyl sites for hydroxylation is 1. The first kappa shape index (κ1) is 15.2. The average Bonchev–Trinajstić information content (AvgIpc) is 2.92. The summed E-state index contributed by atoms with van der Waals surface area (Å²) in [4.78, 5) is 0.306. The van der Waals surface area contributed by atoms with Gasteiger partial charge in [0.25, 0.3) is 0 Å². The number of thiophene rings is 1. The van der Waals surface area contributed by atoms with Crippen molar-refractivity contribution in [3.8, 4) is 0 Å². The minimum absolute atomic E-state index is 0.306. The number of sulfonamides is 1. The number of nitrogens with one attached hydrogen (secondary N) is 2. The first-order valence-electron chi connectivity index (χ1n) is 6.36. The van der Waals surface area contributed by atoms with E-state index in [2.05, 4.69) is 15.4 Å². The molecular weight excluding hydrogens is 292 g/mol. The smallest absolute Gasteiger partial charge is 0.240 e. The summed E-state index contributed by atoms with van der Waals surface area (Å²) in [6.07, 6.45) is 0. The Morgan fingerprint density at radius 1 is 1.10 bits per heavy atom. The molecule has 1 aromatic carbocycles. The molecule has 0 bridgehead atoms. The fraction of sp³-hybridized carbons (Fsp3) is 0.286. The minimum Gasteiger partial charge on any atom is -0.311 e. The van der Waals surface area contributed by atoms with Crippen LogP contribution in [0.3, 0.4) is 0 Å². The highest BCUT2D eigenvalue weighted by Crippen LogP contribution is 2.09. The van der Waals surface area contributed by atoms with Gasteiger partial charge in [-0.25, -0.2) is 13.1 Å². The molecule has 2 rings (SSSR count). The van der Waals surface area contributed by atoms with Gasteiger partial charge in [0, 0.05) is 19.6 Å². The summed E-state index contributed by atoms with van der Waals surface area (Å²) >= 11 is 1.65. The Kier molecular flexibility index (Phi) is 5.31. The van der Waals surface area contributed by atoms with E-state index in [9.17, 15) is 8.42 Å². The SMILES string of the molecule is Cc1ccc(S(=O)(=O)NCCNCc2ccsc2)cc1. The van der Waals surface area contributed by atoms with E-state index in [1.807, 2.05) is 18.4 Å². The van der Waals surface area contributed by atoms with Crippen molar-refractivity contribution in [1.82, 2.24) is 10.0 Å². The molecule has 1 heterocycles. The zero-order valence-corrected chi connectivity index (χ0v) is 12.9. The van der Waals surface area contributed by atoms with E-state index >= 15 is 0 Å². The molecule has 4 nitrogen and oxygen atoms in total. The molecule has 6 heteroatoms. The van der Waals surface area contributed by atoms with Crippen LogP contribution in [0.1, 0.15) is 11.1 Å². The van der Waals surface area contributed by atoms with Crippen LogP contribution in [0, 0.1) is 6.92 Å². The van der Waals surface area contributed by atoms with Gasteiger partial charge in [0.1, 0.15) is 0 Å². The number of hydrogen-bond acceptors (Lipinski definition) is 4. The van der Waals surface area contributed by atoms with Crippen LogP contribution in [0.5, 0.6) is 0 Å². The molecule has 0 radical (unpaired) electrons. The molecule has 108 valence electrons. The summed E-state index contributed by atoms with van der Waals surface area (Å²) in [5.41, 5.74) is 2.26. The average molecular weight is 310 g/mol. The van der Waals surface area contributed by atoms with E-state index in [1.54, 1.807) is 35.6 Å². The van der Waals surface area contributed by atoms with Gasteiger partial charge in [-0.1, -0.05) is 17.7 Å². The van der Waals surface area contributed by atoms with Crippen molar-refractivity contribution in [2.75, 3.05) is 13.1 Å². The number of benzene rings is 1. The monoisotopic (exact) mass is 310 g/mol. The Morgan fingerprint density at radius 2 is 1.85 bits per heavy atom. The van der Waals surface area contributed by atoms with Gasteiger partial charge < -0.3 is 5.32 Å². The molecule has 0 amide bonds. The zero-order chi connectivity index (χ0) is 14.4. The molecule has 0 atom stereocenters. The lowest BCUT2D eigenvalue weighted by atomic mass is 10.2. The lowest BCUT2D eigenvalue weighted by Crippen LogP contribution is -2.31. The Morgan fingerprint density at radius 3 is 2.50 bits per heavy atom. The Labute approximate surface area is 123 Å². The van der Waals surface area contributed by atoms with Crippen LogP contribution in [-0.4, -0.2) is 21.5 Å². The fourth-order valence-corrected chi connectivity index (χ4v) is 3.40. The Hall–Kier alpha value is -1.21. The molecule has 20 heavy (non-hydrogen) atoms. The predicted octanol–water partition coefficient (Wildman–Crippen LogP) is 2.12. The van der Waals surface area contributed by atoms with Crippen LogP contribution in [0.25, 0.3) is 0 Å². The van der Waals surface area contributed by atoms with Gasteiger partial charge in [-0.3, -0.25) is 0 Å². The number of hydrogen-bond donors (Lipinski definition) is 2. The second-order valence-corrected chi connectivity index (χ2v) is 7.07. The van der Waals surface area contributed by atoms with E-state index in [0.29, 0.717) is 18.0 Å². The van der Waals surface area contributed by atoms with Crippen LogP contribution in [-0.2, 0) is 16.6 Å². The minimum atomic E-state index is -3.40. The summed E-state index contributed by atoms with van der Waals surface area (Å²) in [7, 11) is -3.40. The van der Waals surface area contributed by atoms with E-state index < -0.39 is 10.0 Å². The van der Waals surface area contributed by atoms with E-state index in [1.165, 1.54) is 5.56 Å². The first-order valence-corrected chi connectivity index (χ1v) is 8.79. The second-order valence-electron chi connectivity index (χ2n) is 4.52. The third-order valence-electron chi connectivity index (χ3n) is 2.83. The van der Waals surface area contributed by atoms with Gasteiger partial charge in [-0.2, -0.15) is 11.3 Å². The first-order chi connectivity index (χ1) is 9.58. The summed E-state index contributed by atoms with van der Waals surface area (Å²) < 4.78 is 26.6. The van der Waals surface area contributed by atoms with Gasteiger partial charge in [-0.05, 0) is 41.4 Å². The fourth-order valence-electron chi connectivity index (χ4n) is 1.70. The molecule has 0 spiro atoms. The Balaban J connectivity index is 1.76. The third kappa shape index (κ3) is 4.42. The van der Waals surface area contributed by atoms with Crippen LogP contribution < -0.4 is 10.0 Å². The summed E-state index contributed by atoms with van der Waals surface area (Å²) in [6, 6.07) is 8.88. The molecular formula is C14H18N2O2S2. The van der Waals surface area contributed by atoms with Gasteiger partial charge in [0.05, 0.1) is 4.90 Å². The molecule has 0 saturated carbocycles. The van der Waals surface area contributed by atoms with Gasteiger partial charge in [-0.15, -0.1) is 0 Å². The highest BCUT2D eigenvalue weighted by molar-refractivity contribution is 7.89. The molecule has 0 unspecified atom stereocenters. The zero-order valence-electron chi connectivity index (χ0n) is 11.3. The summed E-state index contributed by atoms with van der Waals surface area (Å²) in [5, 5.41) is 7.30. The molecule has 0 aliphatic rings. The van der Waals surface area contributed by atoms with Crippen molar-refractivity contribution in [3.63, 3.8) is 0 Å². The van der Waals surface area contributed by atoms with Crippen molar-refractivity contribution in [1.29, 1.82) is 0 Å². The number of rotatable bonds is 7. The van der Waals surface area contributed by atoms with Gasteiger partial charge in [0.2, 0.25) is 10.0 Å². The quantitative estimate of drug-likeness (QED) is 0.770. The highest BCUT2D eigenvalue weighted by Gasteiger charge is 2.12. The van der Waals surface area contributed by atoms with Crippen molar-refractivity contribution < 1.29 is 8.42 Å².